The van der Waals surface area contributed by atoms with Crippen LogP contribution in [-0.4, -0.2) is 23.5 Å². The van der Waals surface area contributed by atoms with Gasteiger partial charge in [-0.1, -0.05) is 6.08 Å². The van der Waals surface area contributed by atoms with Crippen molar-refractivity contribution in [2.45, 2.75) is 36.1 Å². The van der Waals surface area contributed by atoms with Gasteiger partial charge in [-0.15, -0.1) is 11.3 Å². The van der Waals surface area contributed by atoms with Crippen molar-refractivity contribution in [2.75, 3.05) is 13.1 Å². The van der Waals surface area contributed by atoms with E-state index in [1.165, 1.54) is 11.3 Å². The first kappa shape index (κ1) is 14.8. The van der Waals surface area contributed by atoms with Crippen molar-refractivity contribution in [3.63, 3.8) is 0 Å². The summed E-state index contributed by atoms with van der Waals surface area (Å²) in [5, 5.41) is 9.78. The summed E-state index contributed by atoms with van der Waals surface area (Å²) in [6, 6.07) is 1.93. The van der Waals surface area contributed by atoms with E-state index >= 15 is 0 Å². The van der Waals surface area contributed by atoms with Gasteiger partial charge in [-0.05, 0) is 37.4 Å². The highest BCUT2D eigenvalue weighted by molar-refractivity contribution is 8.00. The first-order valence-corrected chi connectivity index (χ1v) is 8.40. The van der Waals surface area contributed by atoms with Crippen molar-refractivity contribution in [3.8, 4) is 6.07 Å². The fourth-order valence-corrected chi connectivity index (χ4v) is 4.95. The SMILES string of the molecule is N#Cc1sc2c(c1SC(F)(F)F)=CCCC=2N1CCCC1. The van der Waals surface area contributed by atoms with Gasteiger partial charge in [0.2, 0.25) is 0 Å². The molecule has 0 bridgehead atoms. The topological polar surface area (TPSA) is 27.0 Å². The fourth-order valence-electron chi connectivity index (χ4n) is 2.87. The molecule has 1 aromatic rings. The Morgan fingerprint density at radius 1 is 1.29 bits per heavy atom. The number of hydrogen-bond acceptors (Lipinski definition) is 4. The zero-order chi connectivity index (χ0) is 15.0. The molecule has 3 rings (SSSR count). The average molecular weight is 330 g/mol. The Bertz CT molecular complexity index is 706. The molecule has 1 saturated heterocycles. The summed E-state index contributed by atoms with van der Waals surface area (Å²) in [6.07, 6.45) is 5.70. The first-order valence-electron chi connectivity index (χ1n) is 6.76. The molecule has 0 N–H and O–H groups in total. The Hall–Kier alpha value is -1.13. The quantitative estimate of drug-likeness (QED) is 0.780. The molecular weight excluding hydrogens is 317 g/mol. The molecule has 0 atom stereocenters. The van der Waals surface area contributed by atoms with Crippen LogP contribution in [0.2, 0.25) is 0 Å². The lowest BCUT2D eigenvalue weighted by molar-refractivity contribution is -0.0328. The molecule has 1 fully saturated rings. The van der Waals surface area contributed by atoms with Gasteiger partial charge in [0.15, 0.2) is 0 Å². The second-order valence-electron chi connectivity index (χ2n) is 5.05. The zero-order valence-corrected chi connectivity index (χ0v) is 12.8. The lowest BCUT2D eigenvalue weighted by atomic mass is 10.1. The van der Waals surface area contributed by atoms with Crippen LogP contribution in [0.25, 0.3) is 11.8 Å². The van der Waals surface area contributed by atoms with Crippen LogP contribution in [0.1, 0.15) is 30.6 Å². The van der Waals surface area contributed by atoms with E-state index in [-0.39, 0.29) is 21.5 Å². The van der Waals surface area contributed by atoms with Gasteiger partial charge < -0.3 is 4.90 Å². The summed E-state index contributed by atoms with van der Waals surface area (Å²) in [7, 11) is 0. The highest BCUT2D eigenvalue weighted by atomic mass is 32.2. The third-order valence-corrected chi connectivity index (χ3v) is 5.85. The van der Waals surface area contributed by atoms with Crippen molar-refractivity contribution in [1.29, 1.82) is 5.26 Å². The predicted molar refractivity (Wildman–Crippen MR) is 78.1 cm³/mol. The lowest BCUT2D eigenvalue weighted by Gasteiger charge is -2.22. The van der Waals surface area contributed by atoms with Crippen LogP contribution in [0, 0.1) is 11.3 Å². The molecule has 2 aliphatic rings. The minimum Gasteiger partial charge on any atom is -0.374 e. The molecule has 0 saturated carbocycles. The first-order chi connectivity index (χ1) is 9.99. The van der Waals surface area contributed by atoms with Gasteiger partial charge >= 0.3 is 5.51 Å². The number of fused-ring (bicyclic) bond motifs is 1. The molecule has 0 amide bonds. The third-order valence-electron chi connectivity index (χ3n) is 3.70. The minimum absolute atomic E-state index is 0.0846. The molecule has 0 unspecified atom stereocenters. The Morgan fingerprint density at radius 2 is 2.00 bits per heavy atom. The molecule has 7 heteroatoms. The van der Waals surface area contributed by atoms with Crippen molar-refractivity contribution in [1.82, 2.24) is 4.90 Å². The Labute approximate surface area is 128 Å². The lowest BCUT2D eigenvalue weighted by Crippen LogP contribution is -2.33. The molecule has 112 valence electrons. The summed E-state index contributed by atoms with van der Waals surface area (Å²) < 4.78 is 39.1. The molecule has 0 radical (unpaired) electrons. The van der Waals surface area contributed by atoms with Crippen LogP contribution in [0.3, 0.4) is 0 Å². The van der Waals surface area contributed by atoms with Crippen LogP contribution in [0.15, 0.2) is 4.90 Å². The minimum atomic E-state index is -4.36. The van der Waals surface area contributed by atoms with Gasteiger partial charge in [0.25, 0.3) is 0 Å². The number of thioether (sulfide) groups is 1. The summed E-state index contributed by atoms with van der Waals surface area (Å²) in [5.74, 6) is 0. The molecule has 0 aromatic carbocycles. The third kappa shape index (κ3) is 2.92. The van der Waals surface area contributed by atoms with Crippen LogP contribution in [0.4, 0.5) is 13.2 Å². The normalized spacial score (nSPS) is 18.4. The van der Waals surface area contributed by atoms with Gasteiger partial charge in [0.1, 0.15) is 10.9 Å². The van der Waals surface area contributed by atoms with Gasteiger partial charge in [-0.25, -0.2) is 0 Å². The standard InChI is InChI=1S/C14H13F3N2S2/c15-14(16,17)21-13-9-4-3-5-10(19-6-1-2-7-19)12(9)20-11(13)8-18/h4H,1-3,5-7H2. The second kappa shape index (κ2) is 5.58. The fraction of sp³-hybridized carbons (Fsp3) is 0.500. The van der Waals surface area contributed by atoms with Crippen molar-refractivity contribution >= 4 is 34.9 Å². The monoisotopic (exact) mass is 330 g/mol. The van der Waals surface area contributed by atoms with E-state index in [4.69, 9.17) is 5.26 Å². The maximum absolute atomic E-state index is 12.7. The highest BCUT2D eigenvalue weighted by Crippen LogP contribution is 2.38. The summed E-state index contributed by atoms with van der Waals surface area (Å²) in [4.78, 5) is 2.53. The Kier molecular flexibility index (Phi) is 3.93. The Balaban J connectivity index is 2.17. The smallest absolute Gasteiger partial charge is 0.374 e. The zero-order valence-electron chi connectivity index (χ0n) is 11.2. The van der Waals surface area contributed by atoms with Gasteiger partial charge in [-0.2, -0.15) is 18.4 Å². The van der Waals surface area contributed by atoms with Gasteiger partial charge in [0, 0.05) is 24.0 Å². The maximum Gasteiger partial charge on any atom is 0.446 e. The Morgan fingerprint density at radius 3 is 2.62 bits per heavy atom. The number of thiophene rings is 1. The molecule has 1 aliphatic carbocycles. The van der Waals surface area contributed by atoms with Crippen molar-refractivity contribution < 1.29 is 13.2 Å². The molecule has 1 aliphatic heterocycles. The van der Waals surface area contributed by atoms with E-state index in [0.717, 1.165) is 49.0 Å². The number of nitriles is 1. The van der Waals surface area contributed by atoms with Crippen molar-refractivity contribution in [3.05, 3.63) is 14.6 Å². The van der Waals surface area contributed by atoms with Crippen LogP contribution in [-0.2, 0) is 0 Å². The number of halogens is 3. The van der Waals surface area contributed by atoms with E-state index in [2.05, 4.69) is 4.90 Å². The van der Waals surface area contributed by atoms with E-state index in [1.54, 1.807) is 0 Å². The largest absolute Gasteiger partial charge is 0.446 e. The maximum atomic E-state index is 12.7. The molecule has 2 nitrogen and oxygen atoms in total. The van der Waals surface area contributed by atoms with E-state index < -0.39 is 5.51 Å². The van der Waals surface area contributed by atoms with Crippen LogP contribution < -0.4 is 9.75 Å². The number of likely N-dealkylation sites (tertiary alicyclic amines) is 1. The number of alkyl halides is 3. The van der Waals surface area contributed by atoms with E-state index in [0.29, 0.717) is 5.22 Å². The highest BCUT2D eigenvalue weighted by Gasteiger charge is 2.33. The predicted octanol–water partition coefficient (Wildman–Crippen LogP) is 3.01. The second-order valence-corrected chi connectivity index (χ2v) is 7.14. The van der Waals surface area contributed by atoms with E-state index in [9.17, 15) is 13.2 Å². The summed E-state index contributed by atoms with van der Waals surface area (Å²) in [5.41, 5.74) is -3.24. The molecule has 0 spiro atoms. The molecule has 1 aromatic heterocycles. The molecular formula is C14H13F3N2S2. The van der Waals surface area contributed by atoms with Crippen LogP contribution >= 0.6 is 23.1 Å². The van der Waals surface area contributed by atoms with Crippen molar-refractivity contribution in [2.24, 2.45) is 0 Å². The molecule has 2 heterocycles. The number of nitrogens with zero attached hydrogens (tertiary/aromatic N) is 2. The number of hydrogen-bond donors (Lipinski definition) is 0. The average Bonchev–Trinajstić information content (AvgIpc) is 3.05. The van der Waals surface area contributed by atoms with Gasteiger partial charge in [-0.3, -0.25) is 0 Å². The summed E-state index contributed by atoms with van der Waals surface area (Å²) in [6.45, 7) is 1.94. The van der Waals surface area contributed by atoms with Crippen LogP contribution in [0.5, 0.6) is 0 Å². The number of rotatable bonds is 2. The molecule has 21 heavy (non-hydrogen) atoms. The van der Waals surface area contributed by atoms with E-state index in [1.807, 2.05) is 12.1 Å². The van der Waals surface area contributed by atoms with Gasteiger partial charge in [0.05, 0.1) is 9.43 Å². The summed E-state index contributed by atoms with van der Waals surface area (Å²) >= 11 is 1.05.